The van der Waals surface area contributed by atoms with Gasteiger partial charge < -0.3 is 4.90 Å². The van der Waals surface area contributed by atoms with Gasteiger partial charge in [-0.3, -0.25) is 5.41 Å². The molecule has 0 bridgehead atoms. The molecule has 0 saturated heterocycles. The fourth-order valence-electron chi connectivity index (χ4n) is 2.36. The number of anilines is 1. The first-order valence-electron chi connectivity index (χ1n) is 6.82. The Morgan fingerprint density at radius 2 is 1.59 bits per heavy atom. The number of rotatable bonds is 3. The van der Waals surface area contributed by atoms with Crippen molar-refractivity contribution in [3.8, 4) is 0 Å². The summed E-state index contributed by atoms with van der Waals surface area (Å²) in [5, 5.41) is 7.64. The van der Waals surface area contributed by atoms with E-state index in [9.17, 15) is 0 Å². The van der Waals surface area contributed by atoms with Gasteiger partial charge in [-0.1, -0.05) is 45.9 Å². The molecule has 2 rings (SSSR count). The van der Waals surface area contributed by atoms with Crippen LogP contribution in [0.4, 0.5) is 5.69 Å². The van der Waals surface area contributed by atoms with E-state index in [0.717, 1.165) is 0 Å². The molecule has 1 N–H and O–H groups in total. The van der Waals surface area contributed by atoms with Gasteiger partial charge in [0.2, 0.25) is 0 Å². The summed E-state index contributed by atoms with van der Waals surface area (Å²) >= 11 is 8.53. The second-order valence-corrected chi connectivity index (χ2v) is 5.94. The number of amidine groups is 1. The average molecular weight is 381 g/mol. The van der Waals surface area contributed by atoms with Gasteiger partial charge in [0.25, 0.3) is 0 Å². The van der Waals surface area contributed by atoms with Crippen LogP contribution in [0.1, 0.15) is 50.7 Å². The van der Waals surface area contributed by atoms with Crippen molar-refractivity contribution >= 4 is 41.6 Å². The van der Waals surface area contributed by atoms with E-state index in [1.165, 1.54) is 16.8 Å². The number of para-hydroxylation sites is 1. The number of nitrogens with zero attached hydrogens (tertiary/aromatic N) is 2. The minimum atomic E-state index is 0. The van der Waals surface area contributed by atoms with Crippen molar-refractivity contribution in [3.63, 3.8) is 0 Å². The molecule has 1 heterocycles. The Balaban J connectivity index is 0.00000102. The summed E-state index contributed by atoms with van der Waals surface area (Å²) in [6, 6.07) is 6.50. The van der Waals surface area contributed by atoms with Crippen LogP contribution in [-0.2, 0) is 22.4 Å². The molecule has 1 aromatic carbocycles. The molecule has 0 spiro atoms. The van der Waals surface area contributed by atoms with Gasteiger partial charge >= 0.3 is 0 Å². The van der Waals surface area contributed by atoms with Crippen LogP contribution in [0, 0.1) is 5.41 Å². The number of nitrogens with one attached hydrogen (secondary N) is 1. The normalized spacial score (nSPS) is 13.3. The van der Waals surface area contributed by atoms with Crippen LogP contribution in [0.3, 0.4) is 0 Å². The van der Waals surface area contributed by atoms with Gasteiger partial charge in [-0.2, -0.15) is 3.84 Å². The predicted molar refractivity (Wildman–Crippen MR) is 91.0 cm³/mol. The Hall–Kier alpha value is -0.516. The van der Waals surface area contributed by atoms with Crippen molar-refractivity contribution in [2.24, 2.45) is 4.99 Å². The third-order valence-electron chi connectivity index (χ3n) is 3.30. The smallest absolute Gasteiger partial charge is 0.142 e. The van der Waals surface area contributed by atoms with Gasteiger partial charge in [0.1, 0.15) is 5.84 Å². The Bertz CT molecular complexity index is 495. The third kappa shape index (κ3) is 5.60. The molecular weight excluding hydrogens is 360 g/mol. The molecule has 0 aliphatic carbocycles. The zero-order chi connectivity index (χ0) is 16.0. The Kier molecular flexibility index (Phi) is 10.1. The van der Waals surface area contributed by atoms with Gasteiger partial charge in [0.15, 0.2) is 0 Å². The summed E-state index contributed by atoms with van der Waals surface area (Å²) in [4.78, 5) is 6.18. The summed E-state index contributed by atoms with van der Waals surface area (Å²) in [5.41, 5.74) is 3.92. The van der Waals surface area contributed by atoms with Crippen LogP contribution in [0.15, 0.2) is 23.2 Å². The van der Waals surface area contributed by atoms with Crippen molar-refractivity contribution in [1.29, 1.82) is 5.41 Å². The minimum Gasteiger partial charge on any atom is -0.324 e. The molecule has 121 valence electrons. The summed E-state index contributed by atoms with van der Waals surface area (Å²) in [5.74, 6) is 1.38. The van der Waals surface area contributed by atoms with Gasteiger partial charge in [0.05, 0.1) is 36.6 Å². The van der Waals surface area contributed by atoms with E-state index in [-0.39, 0.29) is 18.6 Å². The van der Waals surface area contributed by atoms with E-state index >= 15 is 0 Å². The topological polar surface area (TPSA) is 48.7 Å². The molecule has 0 aromatic heterocycles. The van der Waals surface area contributed by atoms with Gasteiger partial charge in [-0.05, 0) is 23.0 Å². The molecule has 0 amide bonds. The summed E-state index contributed by atoms with van der Waals surface area (Å²) in [7, 11) is 0. The number of hydrogen-bond donors (Lipinski definition) is 1. The second-order valence-electron chi connectivity index (χ2n) is 5.47. The SMILES string of the molecule is CC(C)c1cccc(C(C)C)c1N1C=NC(=N)C1.ClOCl.[V]. The third-order valence-corrected chi connectivity index (χ3v) is 3.30. The molecule has 0 unspecified atom stereocenters. The second kappa shape index (κ2) is 10.3. The van der Waals surface area contributed by atoms with E-state index in [0.29, 0.717) is 24.2 Å². The zero-order valence-electron chi connectivity index (χ0n) is 13.2. The molecule has 1 aromatic rings. The van der Waals surface area contributed by atoms with Crippen LogP contribution < -0.4 is 4.90 Å². The first-order chi connectivity index (χ1) is 9.92. The van der Waals surface area contributed by atoms with Gasteiger partial charge in [-0.25, -0.2) is 4.99 Å². The van der Waals surface area contributed by atoms with Crippen LogP contribution >= 0.6 is 23.7 Å². The zero-order valence-corrected chi connectivity index (χ0v) is 16.1. The maximum absolute atomic E-state index is 7.64. The van der Waals surface area contributed by atoms with E-state index < -0.39 is 0 Å². The van der Waals surface area contributed by atoms with Crippen molar-refractivity contribution in [2.45, 2.75) is 39.5 Å². The minimum absolute atomic E-state index is 0. The summed E-state index contributed by atoms with van der Waals surface area (Å²) in [6.45, 7) is 9.43. The molecule has 22 heavy (non-hydrogen) atoms. The Morgan fingerprint density at radius 1 is 1.14 bits per heavy atom. The van der Waals surface area contributed by atoms with Crippen molar-refractivity contribution < 1.29 is 22.4 Å². The Labute approximate surface area is 154 Å². The molecule has 7 heteroatoms. The first kappa shape index (κ1) is 21.5. The standard InChI is InChI=1S/C15H21N3.Cl2O.V/c1-10(2)12-6-5-7-13(11(3)4)15(12)18-8-14(16)17-9-18;1-3-2;/h5-7,9-11,16H,8H2,1-4H3;;. The first-order valence-corrected chi connectivity index (χ1v) is 7.44. The Morgan fingerprint density at radius 3 is 1.91 bits per heavy atom. The maximum Gasteiger partial charge on any atom is 0.142 e. The van der Waals surface area contributed by atoms with Crippen LogP contribution in [0.2, 0.25) is 0 Å². The van der Waals surface area contributed by atoms with Crippen molar-refractivity contribution in [1.82, 2.24) is 0 Å². The number of aliphatic imine (C=N–C) groups is 1. The molecule has 1 aliphatic rings. The van der Waals surface area contributed by atoms with E-state index in [1.807, 2.05) is 0 Å². The number of halogens is 2. The average Bonchev–Trinajstić information content (AvgIpc) is 2.85. The quantitative estimate of drug-likeness (QED) is 0.795. The summed E-state index contributed by atoms with van der Waals surface area (Å²) < 4.78 is 3.19. The van der Waals surface area contributed by atoms with E-state index in [1.54, 1.807) is 6.34 Å². The van der Waals surface area contributed by atoms with Gasteiger partial charge in [0, 0.05) is 24.2 Å². The predicted octanol–water partition coefficient (Wildman–Crippen LogP) is 5.07. The maximum atomic E-state index is 7.64. The van der Waals surface area contributed by atoms with Crippen LogP contribution in [0.25, 0.3) is 0 Å². The summed E-state index contributed by atoms with van der Waals surface area (Å²) in [6.07, 6.45) is 1.79. The van der Waals surface area contributed by atoms with Crippen LogP contribution in [0.5, 0.6) is 0 Å². The monoisotopic (exact) mass is 380 g/mol. The fraction of sp³-hybridized carbons (Fsp3) is 0.467. The largest absolute Gasteiger partial charge is 0.324 e. The van der Waals surface area contributed by atoms with E-state index in [4.69, 9.17) is 5.41 Å². The van der Waals surface area contributed by atoms with Crippen molar-refractivity contribution in [2.75, 3.05) is 11.4 Å². The molecule has 0 atom stereocenters. The molecule has 0 saturated carbocycles. The molecule has 1 aliphatic heterocycles. The fourth-order valence-corrected chi connectivity index (χ4v) is 2.36. The molecule has 1 radical (unpaired) electrons. The molecule has 4 nitrogen and oxygen atoms in total. The molecular formula is C15H21Cl2N3OV. The number of benzene rings is 1. The van der Waals surface area contributed by atoms with E-state index in [2.05, 4.69) is 83.4 Å². The van der Waals surface area contributed by atoms with Crippen molar-refractivity contribution in [3.05, 3.63) is 29.3 Å². The number of hydrogen-bond acceptors (Lipinski definition) is 3. The van der Waals surface area contributed by atoms with Crippen LogP contribution in [-0.4, -0.2) is 18.7 Å². The molecule has 0 fully saturated rings. The van der Waals surface area contributed by atoms with Gasteiger partial charge in [-0.15, -0.1) is 0 Å².